The number of nitrogens with zero attached hydrogens (tertiary/aromatic N) is 1. The number of carboxylic acids is 2. The van der Waals surface area contributed by atoms with Gasteiger partial charge < -0.3 is 10.2 Å². The standard InChI is InChI=1S/C6H5NO2.C2HF3O2.Cr.3O/c8-6(9)5-2-1-3-7-4-5;3-2(4,5)1(6)7;;;;/h1-4H,(H,8,9);(H,6,7);;;;. The van der Waals surface area contributed by atoms with Crippen LogP contribution in [0.25, 0.3) is 0 Å². The number of alkyl halides is 3. The van der Waals surface area contributed by atoms with E-state index in [1.807, 2.05) is 0 Å². The van der Waals surface area contributed by atoms with Crippen LogP contribution in [-0.4, -0.2) is 33.3 Å². The molecule has 0 fully saturated rings. The third-order valence-electron chi connectivity index (χ3n) is 1.15. The average molecular weight is 337 g/mol. The van der Waals surface area contributed by atoms with Crippen molar-refractivity contribution in [3.63, 3.8) is 0 Å². The van der Waals surface area contributed by atoms with Gasteiger partial charge in [0.2, 0.25) is 0 Å². The van der Waals surface area contributed by atoms with E-state index in [2.05, 4.69) is 4.98 Å². The summed E-state index contributed by atoms with van der Waals surface area (Å²) in [6.45, 7) is 0. The van der Waals surface area contributed by atoms with Crippen LogP contribution in [0.1, 0.15) is 10.4 Å². The van der Waals surface area contributed by atoms with Gasteiger partial charge in [-0.05, 0) is 12.1 Å². The van der Waals surface area contributed by atoms with E-state index in [1.54, 1.807) is 6.07 Å². The third-order valence-corrected chi connectivity index (χ3v) is 1.15. The fourth-order valence-corrected chi connectivity index (χ4v) is 0.489. The minimum atomic E-state index is -5.08. The summed E-state index contributed by atoms with van der Waals surface area (Å²) in [5.41, 5.74) is 0.220. The SMILES string of the molecule is O=C(O)C(F)(F)F.O=C(O)c1cccnc1.[O]=[Cr](=[O])=[O]. The van der Waals surface area contributed by atoms with Gasteiger partial charge in [0.15, 0.2) is 0 Å². The molecule has 8 nitrogen and oxygen atoms in total. The third kappa shape index (κ3) is 13.9. The number of hydrogen-bond acceptors (Lipinski definition) is 6. The van der Waals surface area contributed by atoms with E-state index >= 15 is 0 Å². The van der Waals surface area contributed by atoms with Crippen molar-refractivity contribution in [1.82, 2.24) is 4.98 Å². The molecular weight excluding hydrogens is 331 g/mol. The summed E-state index contributed by atoms with van der Waals surface area (Å²) in [4.78, 5) is 22.7. The van der Waals surface area contributed by atoms with Crippen molar-refractivity contribution in [2.24, 2.45) is 0 Å². The van der Waals surface area contributed by atoms with Crippen molar-refractivity contribution in [1.29, 1.82) is 0 Å². The molecule has 1 heterocycles. The van der Waals surface area contributed by atoms with Crippen LogP contribution in [0, 0.1) is 0 Å². The van der Waals surface area contributed by atoms with Gasteiger partial charge in [0.1, 0.15) is 0 Å². The molecule has 12 heteroatoms. The zero-order chi connectivity index (χ0) is 16.3. The first kappa shape index (κ1) is 20.1. The number of pyridine rings is 1. The molecule has 0 saturated carbocycles. The van der Waals surface area contributed by atoms with Crippen LogP contribution < -0.4 is 0 Å². The Hall–Kier alpha value is -2.19. The van der Waals surface area contributed by atoms with Gasteiger partial charge in [-0.2, -0.15) is 13.2 Å². The van der Waals surface area contributed by atoms with E-state index in [-0.39, 0.29) is 5.56 Å². The Bertz CT molecular complexity index is 533. The van der Waals surface area contributed by atoms with Gasteiger partial charge in [0, 0.05) is 12.4 Å². The first-order chi connectivity index (χ1) is 8.98. The van der Waals surface area contributed by atoms with Crippen molar-refractivity contribution in [3.8, 4) is 0 Å². The van der Waals surface area contributed by atoms with Crippen LogP contribution in [0.3, 0.4) is 0 Å². The van der Waals surface area contributed by atoms with Gasteiger partial charge in [0.25, 0.3) is 0 Å². The van der Waals surface area contributed by atoms with E-state index in [0.29, 0.717) is 0 Å². The molecule has 0 bridgehead atoms. The van der Waals surface area contributed by atoms with Gasteiger partial charge in [-0.3, -0.25) is 4.98 Å². The molecule has 0 amide bonds. The van der Waals surface area contributed by atoms with Crippen molar-refractivity contribution in [3.05, 3.63) is 30.1 Å². The number of rotatable bonds is 1. The van der Waals surface area contributed by atoms with Crippen LogP contribution in [0.2, 0.25) is 0 Å². The molecule has 1 aromatic rings. The van der Waals surface area contributed by atoms with Crippen molar-refractivity contribution in [2.75, 3.05) is 0 Å². The van der Waals surface area contributed by atoms with E-state index in [1.165, 1.54) is 18.5 Å². The molecule has 0 radical (unpaired) electrons. The Labute approximate surface area is 112 Å². The van der Waals surface area contributed by atoms with Crippen LogP contribution >= 0.6 is 0 Å². The zero-order valence-corrected chi connectivity index (χ0v) is 10.5. The first-order valence-electron chi connectivity index (χ1n) is 4.18. The van der Waals surface area contributed by atoms with Crippen LogP contribution in [-0.2, 0) is 30.2 Å². The van der Waals surface area contributed by atoms with Gasteiger partial charge in [0.05, 0.1) is 5.56 Å². The molecule has 20 heavy (non-hydrogen) atoms. The average Bonchev–Trinajstić information content (AvgIpc) is 2.29. The second-order valence-corrected chi connectivity index (χ2v) is 3.19. The number of aliphatic carboxylic acids is 1. The van der Waals surface area contributed by atoms with Crippen LogP contribution in [0.5, 0.6) is 0 Å². The van der Waals surface area contributed by atoms with Gasteiger partial charge in [-0.1, -0.05) is 0 Å². The summed E-state index contributed by atoms with van der Waals surface area (Å²) < 4.78 is 57.4. The number of hydrogen-bond donors (Lipinski definition) is 2. The molecule has 2 N–H and O–H groups in total. The summed E-state index contributed by atoms with van der Waals surface area (Å²) >= 11 is -3.79. The fraction of sp³-hybridized carbons (Fsp3) is 0.125. The minimum absolute atomic E-state index is 0.220. The summed E-state index contributed by atoms with van der Waals surface area (Å²) in [6.07, 6.45) is -2.24. The topological polar surface area (TPSA) is 139 Å². The monoisotopic (exact) mass is 337 g/mol. The molecule has 0 aliphatic carbocycles. The van der Waals surface area contributed by atoms with E-state index < -0.39 is 32.1 Å². The Kier molecular flexibility index (Phi) is 9.77. The molecule has 0 atom stereocenters. The van der Waals surface area contributed by atoms with Gasteiger partial charge in [-0.25, -0.2) is 9.59 Å². The summed E-state index contributed by atoms with van der Waals surface area (Å²) in [5, 5.41) is 15.5. The normalized spacial score (nSPS) is 9.15. The molecule has 112 valence electrons. The molecule has 0 saturated heterocycles. The second-order valence-electron chi connectivity index (χ2n) is 2.55. The quantitative estimate of drug-likeness (QED) is 0.775. The van der Waals surface area contributed by atoms with Crippen molar-refractivity contribution < 1.29 is 58.3 Å². The number of aromatic carboxylic acids is 1. The molecule has 0 aliphatic heterocycles. The van der Waals surface area contributed by atoms with E-state index in [0.717, 1.165) is 0 Å². The summed E-state index contributed by atoms with van der Waals surface area (Å²) in [5.74, 6) is -3.70. The van der Waals surface area contributed by atoms with Crippen molar-refractivity contribution >= 4 is 11.9 Å². The van der Waals surface area contributed by atoms with Crippen LogP contribution in [0.4, 0.5) is 13.2 Å². The molecule has 0 aromatic carbocycles. The van der Waals surface area contributed by atoms with Crippen molar-refractivity contribution in [2.45, 2.75) is 6.18 Å². The molecule has 0 unspecified atom stereocenters. The maximum absolute atomic E-state index is 10.6. The van der Waals surface area contributed by atoms with E-state index in [9.17, 15) is 18.0 Å². The fourth-order valence-electron chi connectivity index (χ4n) is 0.489. The Morgan fingerprint density at radius 2 is 1.55 bits per heavy atom. The predicted octanol–water partition coefficient (Wildman–Crippen LogP) is 1.05. The first-order valence-corrected chi connectivity index (χ1v) is 5.74. The van der Waals surface area contributed by atoms with Gasteiger partial charge >= 0.3 is 43.5 Å². The second kappa shape index (κ2) is 9.70. The number of carbonyl (C=O) groups is 2. The Morgan fingerprint density at radius 3 is 1.70 bits per heavy atom. The summed E-state index contributed by atoms with van der Waals surface area (Å²) in [7, 11) is 0. The molecule has 0 aliphatic rings. The Balaban J connectivity index is 0. The predicted molar refractivity (Wildman–Crippen MR) is 46.9 cm³/mol. The molecule has 1 rings (SSSR count). The number of halogens is 3. The maximum atomic E-state index is 10.6. The summed E-state index contributed by atoms with van der Waals surface area (Å²) in [6, 6.07) is 3.08. The number of carboxylic acid groups (broad SMARTS) is 2. The van der Waals surface area contributed by atoms with Crippen LogP contribution in [0.15, 0.2) is 24.5 Å². The molecule has 1 aromatic heterocycles. The van der Waals surface area contributed by atoms with Gasteiger partial charge in [-0.15, -0.1) is 0 Å². The molecule has 0 spiro atoms. The molecular formula is C8H6CrF3NO7. The zero-order valence-electron chi connectivity index (χ0n) is 9.23. The Morgan fingerprint density at radius 1 is 1.15 bits per heavy atom. The van der Waals surface area contributed by atoms with E-state index in [4.69, 9.17) is 26.4 Å². The number of aromatic nitrogens is 1.